The molecule has 1 saturated heterocycles. The molecule has 5 rings (SSSR count). The first kappa shape index (κ1) is 19.2. The van der Waals surface area contributed by atoms with E-state index in [-0.39, 0.29) is 18.6 Å². The second-order valence-corrected chi connectivity index (χ2v) is 7.64. The zero-order valence-corrected chi connectivity index (χ0v) is 17.3. The van der Waals surface area contributed by atoms with E-state index in [1.807, 2.05) is 72.5 Å². The number of aryl methyl sites for hydroxylation is 1. The van der Waals surface area contributed by atoms with Crippen molar-refractivity contribution >= 4 is 16.9 Å². The van der Waals surface area contributed by atoms with Gasteiger partial charge in [-0.1, -0.05) is 24.3 Å². The maximum atomic E-state index is 12.9. The number of carbonyl (C=O) groups is 1. The first-order valence-electron chi connectivity index (χ1n) is 10.5. The summed E-state index contributed by atoms with van der Waals surface area (Å²) in [5.41, 5.74) is 2.53. The van der Waals surface area contributed by atoms with Crippen LogP contribution in [0.5, 0.6) is 5.75 Å². The molecular weight excluding hydrogens is 390 g/mol. The van der Waals surface area contributed by atoms with Crippen molar-refractivity contribution in [3.63, 3.8) is 0 Å². The van der Waals surface area contributed by atoms with Gasteiger partial charge >= 0.3 is 0 Å². The van der Waals surface area contributed by atoms with E-state index in [2.05, 4.69) is 10.1 Å². The van der Waals surface area contributed by atoms with Crippen molar-refractivity contribution in [3.8, 4) is 11.6 Å². The number of rotatable bonds is 5. The Bertz CT molecular complexity index is 1210. The van der Waals surface area contributed by atoms with Crippen LogP contribution in [0.25, 0.3) is 16.9 Å². The lowest BCUT2D eigenvalue weighted by Crippen LogP contribution is -2.34. The molecule has 0 spiro atoms. The third kappa shape index (κ3) is 3.74. The van der Waals surface area contributed by atoms with Crippen molar-refractivity contribution in [2.45, 2.75) is 25.8 Å². The molecule has 1 amide bonds. The Morgan fingerprint density at radius 1 is 1.10 bits per heavy atom. The van der Waals surface area contributed by atoms with Crippen LogP contribution in [0.1, 0.15) is 30.3 Å². The molecule has 31 heavy (non-hydrogen) atoms. The highest BCUT2D eigenvalue weighted by molar-refractivity contribution is 5.81. The second kappa shape index (κ2) is 8.18. The molecule has 0 radical (unpaired) electrons. The Morgan fingerprint density at radius 2 is 1.94 bits per heavy atom. The molecule has 7 heteroatoms. The number of aromatic nitrogens is 4. The molecular formula is C24H23N5O2. The average Bonchev–Trinajstić information content (AvgIpc) is 3.44. The summed E-state index contributed by atoms with van der Waals surface area (Å²) in [5.74, 6) is 1.39. The Hall–Kier alpha value is -3.74. The number of benzene rings is 1. The summed E-state index contributed by atoms with van der Waals surface area (Å²) in [6, 6.07) is 19.1. The van der Waals surface area contributed by atoms with Crippen molar-refractivity contribution in [1.82, 2.24) is 24.6 Å². The Labute approximate surface area is 180 Å². The summed E-state index contributed by atoms with van der Waals surface area (Å²) in [6.45, 7) is 2.70. The van der Waals surface area contributed by atoms with Gasteiger partial charge in [0.05, 0.1) is 17.4 Å². The SMILES string of the molecule is Cc1nn(-c2ccccn2)c2nc([C@@H]3CCCN3C(=O)COc3ccccc3)ccc12. The van der Waals surface area contributed by atoms with Crippen LogP contribution in [0, 0.1) is 6.92 Å². The molecule has 1 atom stereocenters. The number of carbonyl (C=O) groups excluding carboxylic acids is 1. The molecule has 0 N–H and O–H groups in total. The van der Waals surface area contributed by atoms with Crippen molar-refractivity contribution in [1.29, 1.82) is 0 Å². The largest absolute Gasteiger partial charge is 0.484 e. The van der Waals surface area contributed by atoms with Crippen LogP contribution in [0.3, 0.4) is 0 Å². The lowest BCUT2D eigenvalue weighted by molar-refractivity contribution is -0.134. The molecule has 0 saturated carbocycles. The average molecular weight is 413 g/mol. The van der Waals surface area contributed by atoms with Crippen LogP contribution in [-0.4, -0.2) is 43.7 Å². The smallest absolute Gasteiger partial charge is 0.261 e. The van der Waals surface area contributed by atoms with Crippen LogP contribution in [-0.2, 0) is 4.79 Å². The normalized spacial score (nSPS) is 16.0. The van der Waals surface area contributed by atoms with E-state index in [1.165, 1.54) is 0 Å². The molecule has 0 unspecified atom stereocenters. The molecule has 1 aromatic carbocycles. The minimum Gasteiger partial charge on any atom is -0.484 e. The zero-order chi connectivity index (χ0) is 21.2. The lowest BCUT2D eigenvalue weighted by atomic mass is 10.1. The fourth-order valence-corrected chi connectivity index (χ4v) is 4.10. The van der Waals surface area contributed by atoms with Gasteiger partial charge in [-0.15, -0.1) is 0 Å². The number of pyridine rings is 2. The minimum atomic E-state index is -0.0661. The molecule has 4 heterocycles. The van der Waals surface area contributed by atoms with Crippen molar-refractivity contribution in [2.24, 2.45) is 0 Å². The highest BCUT2D eigenvalue weighted by Crippen LogP contribution is 2.32. The van der Waals surface area contributed by atoms with Crippen LogP contribution in [0.15, 0.2) is 66.9 Å². The maximum Gasteiger partial charge on any atom is 0.261 e. The van der Waals surface area contributed by atoms with E-state index in [4.69, 9.17) is 9.72 Å². The van der Waals surface area contributed by atoms with Gasteiger partial charge in [-0.3, -0.25) is 4.79 Å². The first-order chi connectivity index (χ1) is 15.2. The van der Waals surface area contributed by atoms with Gasteiger partial charge in [-0.05, 0) is 56.2 Å². The summed E-state index contributed by atoms with van der Waals surface area (Å²) >= 11 is 0. The van der Waals surface area contributed by atoms with Gasteiger partial charge in [-0.2, -0.15) is 9.78 Å². The first-order valence-corrected chi connectivity index (χ1v) is 10.5. The van der Waals surface area contributed by atoms with Gasteiger partial charge in [-0.25, -0.2) is 9.97 Å². The van der Waals surface area contributed by atoms with E-state index < -0.39 is 0 Å². The van der Waals surface area contributed by atoms with E-state index in [1.54, 1.807) is 10.9 Å². The Morgan fingerprint density at radius 3 is 2.74 bits per heavy atom. The number of nitrogens with zero attached hydrogens (tertiary/aromatic N) is 5. The van der Waals surface area contributed by atoms with E-state index >= 15 is 0 Å². The predicted octanol–water partition coefficient (Wildman–Crippen LogP) is 3.87. The van der Waals surface area contributed by atoms with Gasteiger partial charge in [0.15, 0.2) is 18.1 Å². The molecule has 0 bridgehead atoms. The van der Waals surface area contributed by atoms with Gasteiger partial charge in [0.25, 0.3) is 5.91 Å². The number of fused-ring (bicyclic) bond motifs is 1. The monoisotopic (exact) mass is 413 g/mol. The van der Waals surface area contributed by atoms with Crippen molar-refractivity contribution in [2.75, 3.05) is 13.2 Å². The number of amides is 1. The minimum absolute atomic E-state index is 0.0216. The summed E-state index contributed by atoms with van der Waals surface area (Å²) < 4.78 is 7.45. The topological polar surface area (TPSA) is 73.1 Å². The van der Waals surface area contributed by atoms with Gasteiger partial charge in [0, 0.05) is 18.1 Å². The molecule has 0 aliphatic carbocycles. The van der Waals surface area contributed by atoms with E-state index in [9.17, 15) is 4.79 Å². The lowest BCUT2D eigenvalue weighted by Gasteiger charge is -2.24. The van der Waals surface area contributed by atoms with Crippen molar-refractivity contribution in [3.05, 3.63) is 78.2 Å². The Kier molecular flexibility index (Phi) is 5.08. The van der Waals surface area contributed by atoms with Crippen LogP contribution in [0.2, 0.25) is 0 Å². The van der Waals surface area contributed by atoms with Gasteiger partial charge in [0.2, 0.25) is 0 Å². The second-order valence-electron chi connectivity index (χ2n) is 7.64. The Balaban J connectivity index is 1.42. The summed E-state index contributed by atoms with van der Waals surface area (Å²) in [7, 11) is 0. The molecule has 1 aliphatic heterocycles. The standard InChI is InChI=1S/C24H23N5O2/c1-17-19-12-13-20(26-24(19)29(27-17)22-11-5-6-14-25-22)21-10-7-15-28(21)23(30)16-31-18-8-3-2-4-9-18/h2-6,8-9,11-14,21H,7,10,15-16H2,1H3/t21-/m0/s1. The summed E-state index contributed by atoms with van der Waals surface area (Å²) in [6.07, 6.45) is 3.57. The van der Waals surface area contributed by atoms with Gasteiger partial charge < -0.3 is 9.64 Å². The van der Waals surface area contributed by atoms with Gasteiger partial charge in [0.1, 0.15) is 5.75 Å². The molecule has 3 aromatic heterocycles. The highest BCUT2D eigenvalue weighted by atomic mass is 16.5. The molecule has 1 fully saturated rings. The van der Waals surface area contributed by atoms with E-state index in [0.717, 1.165) is 41.1 Å². The number of para-hydroxylation sites is 1. The third-order valence-corrected chi connectivity index (χ3v) is 5.62. The summed E-state index contributed by atoms with van der Waals surface area (Å²) in [5, 5.41) is 5.62. The molecule has 1 aliphatic rings. The fourth-order valence-electron chi connectivity index (χ4n) is 4.10. The van der Waals surface area contributed by atoms with E-state index in [0.29, 0.717) is 12.3 Å². The van der Waals surface area contributed by atoms with Crippen molar-refractivity contribution < 1.29 is 9.53 Å². The predicted molar refractivity (Wildman–Crippen MR) is 117 cm³/mol. The maximum absolute atomic E-state index is 12.9. The number of hydrogen-bond donors (Lipinski definition) is 0. The fraction of sp³-hybridized carbons (Fsp3) is 0.250. The molecule has 4 aromatic rings. The number of hydrogen-bond acceptors (Lipinski definition) is 5. The highest BCUT2D eigenvalue weighted by Gasteiger charge is 2.31. The quantitative estimate of drug-likeness (QED) is 0.497. The molecule has 7 nitrogen and oxygen atoms in total. The third-order valence-electron chi connectivity index (χ3n) is 5.62. The molecule has 156 valence electrons. The van der Waals surface area contributed by atoms with Crippen LogP contribution >= 0.6 is 0 Å². The zero-order valence-electron chi connectivity index (χ0n) is 17.3. The van der Waals surface area contributed by atoms with Crippen LogP contribution in [0.4, 0.5) is 0 Å². The number of likely N-dealkylation sites (tertiary alicyclic amines) is 1. The van der Waals surface area contributed by atoms with Crippen LogP contribution < -0.4 is 4.74 Å². The summed E-state index contributed by atoms with van der Waals surface area (Å²) in [4.78, 5) is 24.1. The number of ether oxygens (including phenoxy) is 1.